The van der Waals surface area contributed by atoms with Crippen molar-refractivity contribution < 1.29 is 18.7 Å². The van der Waals surface area contributed by atoms with Crippen LogP contribution in [0.15, 0.2) is 30.5 Å². The van der Waals surface area contributed by atoms with Gasteiger partial charge in [-0.2, -0.15) is 0 Å². The van der Waals surface area contributed by atoms with E-state index in [1.54, 1.807) is 38.4 Å². The Morgan fingerprint density at radius 1 is 1.26 bits per heavy atom. The molecule has 2 aromatic rings. The predicted molar refractivity (Wildman–Crippen MR) is 113 cm³/mol. The molecule has 1 saturated heterocycles. The molecule has 1 fully saturated rings. The van der Waals surface area contributed by atoms with Crippen molar-refractivity contribution in [2.75, 3.05) is 43.4 Å². The number of fused-ring (bicyclic) bond motifs is 1. The number of rotatable bonds is 5. The number of hydrogen-bond acceptors (Lipinski definition) is 7. The van der Waals surface area contributed by atoms with E-state index in [4.69, 9.17) is 4.74 Å². The van der Waals surface area contributed by atoms with E-state index in [0.29, 0.717) is 23.6 Å². The number of hydrogen-bond donors (Lipinski definition) is 3. The lowest BCUT2D eigenvalue weighted by atomic mass is 10.1. The summed E-state index contributed by atoms with van der Waals surface area (Å²) in [7, 11) is 1.62. The quantitative estimate of drug-likeness (QED) is 0.614. The third kappa shape index (κ3) is 4.44. The molecule has 0 aliphatic carbocycles. The second-order valence-electron chi connectivity index (χ2n) is 7.53. The molecular weight excluding hydrogens is 403 g/mol. The molecule has 164 valence electrons. The molecule has 2 aliphatic heterocycles. The Balaban J connectivity index is 1.36. The number of piperazine rings is 1. The van der Waals surface area contributed by atoms with Gasteiger partial charge in [-0.1, -0.05) is 6.07 Å². The molecule has 0 spiro atoms. The van der Waals surface area contributed by atoms with Crippen LogP contribution in [0, 0.1) is 5.82 Å². The number of carbonyl (C=O) groups is 2. The third-order valence-electron chi connectivity index (χ3n) is 5.46. The number of anilines is 2. The number of pyridine rings is 1. The Kier molecular flexibility index (Phi) is 6.01. The molecule has 1 aromatic carbocycles. The smallest absolute Gasteiger partial charge is 0.283 e. The van der Waals surface area contributed by atoms with E-state index >= 15 is 0 Å². The van der Waals surface area contributed by atoms with Gasteiger partial charge in [-0.25, -0.2) is 14.8 Å². The molecule has 0 bridgehead atoms. The maximum Gasteiger partial charge on any atom is 0.283 e. The van der Waals surface area contributed by atoms with Gasteiger partial charge >= 0.3 is 0 Å². The molecule has 4 rings (SSSR count). The monoisotopic (exact) mass is 428 g/mol. The van der Waals surface area contributed by atoms with Gasteiger partial charge in [0.2, 0.25) is 0 Å². The van der Waals surface area contributed by atoms with Crippen LogP contribution >= 0.6 is 0 Å². The Hall–Kier alpha value is -3.24. The van der Waals surface area contributed by atoms with Crippen molar-refractivity contribution in [3.63, 3.8) is 0 Å². The van der Waals surface area contributed by atoms with E-state index in [0.717, 1.165) is 31.9 Å². The largest absolute Gasteiger partial charge is 0.479 e. The minimum Gasteiger partial charge on any atom is -0.479 e. The second kappa shape index (κ2) is 8.86. The van der Waals surface area contributed by atoms with Crippen LogP contribution in [0.1, 0.15) is 23.0 Å². The third-order valence-corrected chi connectivity index (χ3v) is 5.46. The highest BCUT2D eigenvalue weighted by molar-refractivity contribution is 5.97. The first-order valence-corrected chi connectivity index (χ1v) is 10.2. The summed E-state index contributed by atoms with van der Waals surface area (Å²) in [5.74, 6) is -0.723. The molecular formula is C21H25FN6O3. The first-order chi connectivity index (χ1) is 15.0. The molecule has 1 aromatic heterocycles. The highest BCUT2D eigenvalue weighted by Gasteiger charge is 2.28. The van der Waals surface area contributed by atoms with Crippen LogP contribution in [0.5, 0.6) is 5.75 Å². The Morgan fingerprint density at radius 2 is 2.03 bits per heavy atom. The maximum atomic E-state index is 14.9. The summed E-state index contributed by atoms with van der Waals surface area (Å²) in [6, 6.07) is 6.98. The Morgan fingerprint density at radius 3 is 2.71 bits per heavy atom. The molecule has 1 atom stereocenters. The van der Waals surface area contributed by atoms with E-state index in [9.17, 15) is 14.0 Å². The number of benzene rings is 1. The number of carbonyl (C=O) groups excluding carboxylic acids is 2. The standard InChI is InChI=1S/C21H25FN6O3/c1-13-20(29)25-19-17(31-13)6-3-14(18(19)22)12-27-7-9-28(10-8-27)15-4-5-16(24-11-15)21(30)26-23-2/h3-6,11,13,23H,7-10,12H2,1-2H3,(H,25,29)(H,26,30). The van der Waals surface area contributed by atoms with Gasteiger partial charge in [0.05, 0.1) is 11.9 Å². The van der Waals surface area contributed by atoms with Gasteiger partial charge in [-0.05, 0) is 25.1 Å². The minimum atomic E-state index is -0.632. The van der Waals surface area contributed by atoms with Crippen LogP contribution in [-0.4, -0.2) is 61.0 Å². The fourth-order valence-corrected chi connectivity index (χ4v) is 3.70. The first-order valence-electron chi connectivity index (χ1n) is 10.2. The molecule has 2 aliphatic rings. The Bertz CT molecular complexity index is 976. The number of aromatic nitrogens is 1. The van der Waals surface area contributed by atoms with Gasteiger partial charge in [-0.15, -0.1) is 0 Å². The molecule has 0 saturated carbocycles. The van der Waals surface area contributed by atoms with Gasteiger partial charge < -0.3 is 15.0 Å². The van der Waals surface area contributed by atoms with Crippen LogP contribution in [0.25, 0.3) is 0 Å². The lowest BCUT2D eigenvalue weighted by molar-refractivity contribution is -0.122. The summed E-state index contributed by atoms with van der Waals surface area (Å²) in [5, 5.41) is 2.60. The van der Waals surface area contributed by atoms with Crippen LogP contribution < -0.4 is 25.8 Å². The van der Waals surface area contributed by atoms with Crippen molar-refractivity contribution in [1.82, 2.24) is 20.7 Å². The zero-order valence-corrected chi connectivity index (χ0v) is 17.4. The molecule has 0 radical (unpaired) electrons. The van der Waals surface area contributed by atoms with Gasteiger partial charge in [0.25, 0.3) is 11.8 Å². The average molecular weight is 428 g/mol. The van der Waals surface area contributed by atoms with E-state index in [-0.39, 0.29) is 17.5 Å². The first kappa shape index (κ1) is 21.0. The Labute approximate surface area is 179 Å². The van der Waals surface area contributed by atoms with Crippen molar-refractivity contribution in [2.45, 2.75) is 19.6 Å². The number of ether oxygens (including phenoxy) is 1. The van der Waals surface area contributed by atoms with Crippen molar-refractivity contribution in [3.8, 4) is 5.75 Å². The lowest BCUT2D eigenvalue weighted by Crippen LogP contribution is -2.46. The average Bonchev–Trinajstić information content (AvgIpc) is 2.78. The molecule has 10 heteroatoms. The summed E-state index contributed by atoms with van der Waals surface area (Å²) in [6.45, 7) is 5.09. The SMILES string of the molecule is CNNC(=O)c1ccc(N2CCN(Cc3ccc4c(c3F)NC(=O)C(C)O4)CC2)cn1. The molecule has 9 nitrogen and oxygen atoms in total. The number of nitrogens with zero attached hydrogens (tertiary/aromatic N) is 3. The van der Waals surface area contributed by atoms with Crippen molar-refractivity contribution >= 4 is 23.2 Å². The summed E-state index contributed by atoms with van der Waals surface area (Å²) < 4.78 is 20.4. The normalized spacial score (nSPS) is 18.7. The summed E-state index contributed by atoms with van der Waals surface area (Å²) >= 11 is 0. The summed E-state index contributed by atoms with van der Waals surface area (Å²) in [4.78, 5) is 32.2. The lowest BCUT2D eigenvalue weighted by Gasteiger charge is -2.36. The zero-order chi connectivity index (χ0) is 22.0. The fourth-order valence-electron chi connectivity index (χ4n) is 3.70. The maximum absolute atomic E-state index is 14.9. The van der Waals surface area contributed by atoms with Gasteiger partial charge in [0, 0.05) is 45.3 Å². The fraction of sp³-hybridized carbons (Fsp3) is 0.381. The van der Waals surface area contributed by atoms with Gasteiger partial charge in [0.15, 0.2) is 11.9 Å². The number of hydrazine groups is 1. The molecule has 3 N–H and O–H groups in total. The van der Waals surface area contributed by atoms with E-state index in [2.05, 4.69) is 31.0 Å². The predicted octanol–water partition coefficient (Wildman–Crippen LogP) is 1.13. The highest BCUT2D eigenvalue weighted by Crippen LogP contribution is 2.34. The van der Waals surface area contributed by atoms with E-state index in [1.165, 1.54) is 0 Å². The molecule has 2 amide bonds. The highest BCUT2D eigenvalue weighted by atomic mass is 19.1. The molecule has 3 heterocycles. The van der Waals surface area contributed by atoms with Crippen LogP contribution in [0.3, 0.4) is 0 Å². The summed E-state index contributed by atoms with van der Waals surface area (Å²) in [5.41, 5.74) is 6.98. The van der Waals surface area contributed by atoms with Crippen molar-refractivity contribution in [2.24, 2.45) is 0 Å². The number of nitrogens with one attached hydrogen (secondary N) is 3. The van der Waals surface area contributed by atoms with Crippen LogP contribution in [0.2, 0.25) is 0 Å². The van der Waals surface area contributed by atoms with Crippen LogP contribution in [-0.2, 0) is 11.3 Å². The summed E-state index contributed by atoms with van der Waals surface area (Å²) in [6.07, 6.45) is 1.06. The molecule has 1 unspecified atom stereocenters. The van der Waals surface area contributed by atoms with Crippen molar-refractivity contribution in [3.05, 3.63) is 47.5 Å². The topological polar surface area (TPSA) is 98.8 Å². The van der Waals surface area contributed by atoms with Gasteiger partial charge in [0.1, 0.15) is 17.1 Å². The molecule has 31 heavy (non-hydrogen) atoms. The van der Waals surface area contributed by atoms with E-state index < -0.39 is 11.9 Å². The minimum absolute atomic E-state index is 0.118. The number of amides is 2. The van der Waals surface area contributed by atoms with E-state index in [1.807, 2.05) is 6.07 Å². The van der Waals surface area contributed by atoms with Crippen molar-refractivity contribution in [1.29, 1.82) is 0 Å². The van der Waals surface area contributed by atoms with Gasteiger partial charge in [-0.3, -0.25) is 19.9 Å². The zero-order valence-electron chi connectivity index (χ0n) is 17.4. The second-order valence-corrected chi connectivity index (χ2v) is 7.53. The number of halogens is 1. The van der Waals surface area contributed by atoms with Crippen LogP contribution in [0.4, 0.5) is 15.8 Å².